The number of nitrogens with two attached hydrogens (primary N) is 1. The topological polar surface area (TPSA) is 115 Å². The molecular weight excluding hydrogens is 491 g/mol. The number of hydrogen-bond donors (Lipinski definition) is 2. The number of methoxy groups -OCH3 is 1. The molecule has 2 aromatic rings. The number of benzene rings is 2. The number of rotatable bonds is 11. The Morgan fingerprint density at radius 1 is 1.21 bits per heavy atom. The maximum atomic E-state index is 14.0. The lowest BCUT2D eigenvalue weighted by Gasteiger charge is -2.29. The fraction of sp³-hybridized carbons (Fsp3) is 0.393. The zero-order chi connectivity index (χ0) is 28.1. The number of nitrogens with zero attached hydrogens (tertiary/aromatic N) is 2. The Bertz CT molecular complexity index is 1150. The minimum absolute atomic E-state index is 0.00689. The molecule has 0 radical (unpaired) electrons. The molecule has 1 fully saturated rings. The molecule has 0 spiro atoms. The second kappa shape index (κ2) is 14.8. The largest absolute Gasteiger partial charge is 0.485 e. The number of ether oxygens (including phenoxy) is 3. The predicted molar refractivity (Wildman–Crippen MR) is 146 cm³/mol. The van der Waals surface area contributed by atoms with Crippen molar-refractivity contribution in [3.63, 3.8) is 0 Å². The molecule has 0 saturated carbocycles. The second-order valence-corrected chi connectivity index (χ2v) is 9.06. The molecule has 9 nitrogen and oxygen atoms in total. The van der Waals surface area contributed by atoms with Gasteiger partial charge in [0.25, 0.3) is 5.91 Å². The molecule has 10 heteroatoms. The van der Waals surface area contributed by atoms with E-state index in [9.17, 15) is 14.0 Å². The molecule has 1 atom stereocenters. The number of likely N-dealkylation sites (tertiary alicyclic amines) is 1. The lowest BCUT2D eigenvalue weighted by molar-refractivity contribution is 0.00121. The SMILES string of the molecule is CCC(C)(COC)Oc1cc(Oc2ccc(C=O)c(F)c2)cc(C(=O)N=C(N)/C=C\NC)c1.CN1CCC1. The van der Waals surface area contributed by atoms with Crippen LogP contribution in [-0.2, 0) is 4.74 Å². The maximum absolute atomic E-state index is 14.0. The maximum Gasteiger partial charge on any atom is 0.279 e. The molecule has 1 aliphatic rings. The Balaban J connectivity index is 0.000000904. The Morgan fingerprint density at radius 3 is 2.42 bits per heavy atom. The smallest absolute Gasteiger partial charge is 0.279 e. The molecule has 1 amide bonds. The van der Waals surface area contributed by atoms with Crippen LogP contribution in [0, 0.1) is 5.82 Å². The molecule has 0 bridgehead atoms. The summed E-state index contributed by atoms with van der Waals surface area (Å²) in [6.07, 6.45) is 5.44. The molecule has 1 unspecified atom stereocenters. The van der Waals surface area contributed by atoms with E-state index in [-0.39, 0.29) is 28.5 Å². The van der Waals surface area contributed by atoms with Crippen molar-refractivity contribution in [1.82, 2.24) is 10.2 Å². The summed E-state index contributed by atoms with van der Waals surface area (Å²) in [5, 5.41) is 2.76. The van der Waals surface area contributed by atoms with Gasteiger partial charge in [-0.25, -0.2) is 4.39 Å². The van der Waals surface area contributed by atoms with Crippen molar-refractivity contribution < 1.29 is 28.2 Å². The van der Waals surface area contributed by atoms with Crippen molar-refractivity contribution in [2.75, 3.05) is 40.9 Å². The zero-order valence-corrected chi connectivity index (χ0v) is 22.6. The van der Waals surface area contributed by atoms with E-state index in [0.717, 1.165) is 6.07 Å². The highest BCUT2D eigenvalue weighted by atomic mass is 19.1. The summed E-state index contributed by atoms with van der Waals surface area (Å²) in [6, 6.07) is 8.36. The van der Waals surface area contributed by atoms with Gasteiger partial charge in [-0.1, -0.05) is 6.92 Å². The number of hydrogen-bond acceptors (Lipinski definition) is 7. The molecule has 1 aliphatic heterocycles. The van der Waals surface area contributed by atoms with Crippen LogP contribution in [0.5, 0.6) is 17.2 Å². The van der Waals surface area contributed by atoms with Gasteiger partial charge in [0.15, 0.2) is 6.29 Å². The van der Waals surface area contributed by atoms with E-state index < -0.39 is 17.3 Å². The van der Waals surface area contributed by atoms with Crippen molar-refractivity contribution in [2.45, 2.75) is 32.3 Å². The first-order valence-electron chi connectivity index (χ1n) is 12.3. The minimum Gasteiger partial charge on any atom is -0.485 e. The van der Waals surface area contributed by atoms with Gasteiger partial charge < -0.3 is 30.2 Å². The van der Waals surface area contributed by atoms with E-state index in [4.69, 9.17) is 19.9 Å². The fourth-order valence-electron chi connectivity index (χ4n) is 3.27. The van der Waals surface area contributed by atoms with Gasteiger partial charge in [-0.05, 0) is 76.4 Å². The molecule has 206 valence electrons. The third kappa shape index (κ3) is 9.60. The average molecular weight is 529 g/mol. The van der Waals surface area contributed by atoms with Crippen molar-refractivity contribution in [3.8, 4) is 17.2 Å². The molecule has 38 heavy (non-hydrogen) atoms. The molecule has 1 heterocycles. The van der Waals surface area contributed by atoms with Crippen LogP contribution >= 0.6 is 0 Å². The summed E-state index contributed by atoms with van der Waals surface area (Å²) in [7, 11) is 5.40. The molecule has 2 aromatic carbocycles. The average Bonchev–Trinajstić information content (AvgIpc) is 2.86. The molecule has 1 saturated heterocycles. The van der Waals surface area contributed by atoms with Crippen LogP contribution in [0.1, 0.15) is 47.4 Å². The Hall–Kier alpha value is -3.76. The van der Waals surface area contributed by atoms with E-state index in [0.29, 0.717) is 25.1 Å². The lowest BCUT2D eigenvalue weighted by Crippen LogP contribution is -2.36. The van der Waals surface area contributed by atoms with Crippen LogP contribution < -0.4 is 20.5 Å². The van der Waals surface area contributed by atoms with Gasteiger partial charge in [0.2, 0.25) is 0 Å². The van der Waals surface area contributed by atoms with Gasteiger partial charge in [0.1, 0.15) is 34.5 Å². The Morgan fingerprint density at radius 2 is 1.89 bits per heavy atom. The molecule has 3 rings (SSSR count). The summed E-state index contributed by atoms with van der Waals surface area (Å²) in [4.78, 5) is 29.7. The number of aliphatic imine (C=N–C) groups is 1. The number of halogens is 1. The lowest BCUT2D eigenvalue weighted by atomic mass is 10.0. The molecular formula is C28H37FN4O5. The predicted octanol–water partition coefficient (Wildman–Crippen LogP) is 4.18. The van der Waals surface area contributed by atoms with Crippen molar-refractivity contribution in [2.24, 2.45) is 10.7 Å². The Labute approximate surface area is 223 Å². The van der Waals surface area contributed by atoms with E-state index in [1.54, 1.807) is 20.2 Å². The van der Waals surface area contributed by atoms with Crippen LogP contribution in [0.4, 0.5) is 4.39 Å². The number of carbonyl (C=O) groups is 2. The van der Waals surface area contributed by atoms with Crippen molar-refractivity contribution in [3.05, 3.63) is 65.6 Å². The van der Waals surface area contributed by atoms with Crippen LogP contribution in [0.2, 0.25) is 0 Å². The number of aldehydes is 1. The van der Waals surface area contributed by atoms with Gasteiger partial charge in [0, 0.05) is 31.9 Å². The minimum atomic E-state index is -0.724. The molecule has 0 aliphatic carbocycles. The highest BCUT2D eigenvalue weighted by Crippen LogP contribution is 2.31. The van der Waals surface area contributed by atoms with Gasteiger partial charge in [-0.15, -0.1) is 0 Å². The third-order valence-corrected chi connectivity index (χ3v) is 5.75. The first-order chi connectivity index (χ1) is 18.1. The van der Waals surface area contributed by atoms with E-state index in [1.165, 1.54) is 56.1 Å². The molecule has 0 aromatic heterocycles. The standard InChI is InChI=1S/C24H28FN3O5.C4H9N/c1-5-24(2,15-31-4)33-20-11-17(23(30)28-22(26)8-9-27-3)10-19(12-20)32-18-7-6-16(14-29)21(25)13-18;1-5-3-2-4-5/h6-14,27H,5,15H2,1-4H3,(H2,26,28,30);2-4H2,1H3/b9-8-;. The Kier molecular flexibility index (Phi) is 11.9. The van der Waals surface area contributed by atoms with E-state index >= 15 is 0 Å². The quantitative estimate of drug-likeness (QED) is 0.254. The summed E-state index contributed by atoms with van der Waals surface area (Å²) in [6.45, 7) is 6.77. The summed E-state index contributed by atoms with van der Waals surface area (Å²) >= 11 is 0. The normalized spacial score (nSPS) is 15.1. The molecule has 3 N–H and O–H groups in total. The van der Waals surface area contributed by atoms with E-state index in [1.807, 2.05) is 13.8 Å². The van der Waals surface area contributed by atoms with Crippen LogP contribution in [0.3, 0.4) is 0 Å². The summed E-state index contributed by atoms with van der Waals surface area (Å²) in [5.41, 5.74) is 5.16. The third-order valence-electron chi connectivity index (χ3n) is 5.75. The van der Waals surface area contributed by atoms with Gasteiger partial charge in [-0.2, -0.15) is 4.99 Å². The number of amides is 1. The fourth-order valence-corrected chi connectivity index (χ4v) is 3.27. The van der Waals surface area contributed by atoms with Gasteiger partial charge in [0.05, 0.1) is 12.2 Å². The van der Waals surface area contributed by atoms with Gasteiger partial charge in [-0.3, -0.25) is 9.59 Å². The van der Waals surface area contributed by atoms with Crippen molar-refractivity contribution >= 4 is 18.0 Å². The number of nitrogens with one attached hydrogen (secondary N) is 1. The van der Waals surface area contributed by atoms with Crippen LogP contribution in [-0.4, -0.2) is 69.4 Å². The number of carbonyl (C=O) groups excluding carboxylic acids is 2. The number of amidine groups is 1. The monoisotopic (exact) mass is 528 g/mol. The van der Waals surface area contributed by atoms with E-state index in [2.05, 4.69) is 22.3 Å². The highest BCUT2D eigenvalue weighted by Gasteiger charge is 2.25. The summed E-state index contributed by atoms with van der Waals surface area (Å²) in [5.74, 6) is -0.642. The van der Waals surface area contributed by atoms with Crippen LogP contribution in [0.25, 0.3) is 0 Å². The van der Waals surface area contributed by atoms with Gasteiger partial charge >= 0.3 is 0 Å². The zero-order valence-electron chi connectivity index (χ0n) is 22.6. The highest BCUT2D eigenvalue weighted by molar-refractivity contribution is 6.06. The van der Waals surface area contributed by atoms with Crippen molar-refractivity contribution in [1.29, 1.82) is 0 Å². The first-order valence-corrected chi connectivity index (χ1v) is 12.3. The summed E-state index contributed by atoms with van der Waals surface area (Å²) < 4.78 is 31.1. The second-order valence-electron chi connectivity index (χ2n) is 9.06. The van der Waals surface area contributed by atoms with Crippen LogP contribution in [0.15, 0.2) is 53.7 Å². The first kappa shape index (κ1) is 30.5.